The summed E-state index contributed by atoms with van der Waals surface area (Å²) in [6.45, 7) is 8.55. The summed E-state index contributed by atoms with van der Waals surface area (Å²) < 4.78 is 0. The molecule has 3 nitrogen and oxygen atoms in total. The van der Waals surface area contributed by atoms with Crippen molar-refractivity contribution in [2.24, 2.45) is 5.92 Å². The van der Waals surface area contributed by atoms with Crippen LogP contribution in [0.25, 0.3) is 0 Å². The molecule has 0 aliphatic carbocycles. The third kappa shape index (κ3) is 3.24. The summed E-state index contributed by atoms with van der Waals surface area (Å²) in [5, 5.41) is 4.17. The van der Waals surface area contributed by atoms with Crippen molar-refractivity contribution in [3.05, 3.63) is 34.9 Å². The highest BCUT2D eigenvalue weighted by Crippen LogP contribution is 2.32. The van der Waals surface area contributed by atoms with E-state index < -0.39 is 0 Å². The fourth-order valence-corrected chi connectivity index (χ4v) is 3.13. The third-order valence-corrected chi connectivity index (χ3v) is 4.90. The van der Waals surface area contributed by atoms with Crippen LogP contribution in [-0.2, 0) is 4.79 Å². The average Bonchev–Trinajstić information content (AvgIpc) is 2.82. The molecule has 1 aromatic rings. The molecule has 1 saturated heterocycles. The Balaban J connectivity index is 2.34. The minimum Gasteiger partial charge on any atom is -0.319 e. The number of carbonyl (C=O) groups is 1. The first kappa shape index (κ1) is 16.3. The molecule has 0 aromatic heterocycles. The number of rotatable bonds is 5. The summed E-state index contributed by atoms with van der Waals surface area (Å²) in [6.07, 6.45) is 1.79. The Kier molecular flexibility index (Phi) is 5.28. The zero-order valence-corrected chi connectivity index (χ0v) is 14.0. The summed E-state index contributed by atoms with van der Waals surface area (Å²) in [4.78, 5) is 14.7. The van der Waals surface area contributed by atoms with Crippen molar-refractivity contribution < 1.29 is 4.79 Å². The molecule has 1 aliphatic rings. The minimum atomic E-state index is -0.0968. The van der Waals surface area contributed by atoms with Crippen molar-refractivity contribution in [3.8, 4) is 0 Å². The zero-order chi connectivity index (χ0) is 15.6. The molecule has 4 unspecified atom stereocenters. The SMILES string of the molecule is CCC1NC(c2cccc(Cl)c2)N(C(C)C(C)CC)C1=O. The predicted octanol–water partition coefficient (Wildman–Crippen LogP) is 3.98. The lowest BCUT2D eigenvalue weighted by Gasteiger charge is -2.34. The molecule has 21 heavy (non-hydrogen) atoms. The molecule has 1 aliphatic heterocycles. The van der Waals surface area contributed by atoms with Crippen LogP contribution in [0.4, 0.5) is 0 Å². The first-order chi connectivity index (χ1) is 9.99. The van der Waals surface area contributed by atoms with Crippen LogP contribution in [0, 0.1) is 5.92 Å². The van der Waals surface area contributed by atoms with Crippen LogP contribution in [0.1, 0.15) is 52.3 Å². The van der Waals surface area contributed by atoms with Crippen molar-refractivity contribution >= 4 is 17.5 Å². The van der Waals surface area contributed by atoms with E-state index >= 15 is 0 Å². The van der Waals surface area contributed by atoms with Crippen LogP contribution < -0.4 is 5.32 Å². The molecule has 1 amide bonds. The number of hydrogen-bond acceptors (Lipinski definition) is 2. The standard InChI is InChI=1S/C17H25ClN2O/c1-5-11(3)12(4)20-16(19-15(6-2)17(20)21)13-8-7-9-14(18)10-13/h7-12,15-16,19H,5-6H2,1-4H3. The number of benzene rings is 1. The molecular weight excluding hydrogens is 284 g/mol. The largest absolute Gasteiger partial charge is 0.319 e. The molecule has 1 heterocycles. The van der Waals surface area contributed by atoms with E-state index in [0.717, 1.165) is 18.4 Å². The van der Waals surface area contributed by atoms with Crippen LogP contribution >= 0.6 is 11.6 Å². The molecule has 0 bridgehead atoms. The number of hydrogen-bond donors (Lipinski definition) is 1. The summed E-state index contributed by atoms with van der Waals surface area (Å²) >= 11 is 6.12. The maximum absolute atomic E-state index is 12.7. The lowest BCUT2D eigenvalue weighted by atomic mass is 9.98. The Morgan fingerprint density at radius 3 is 2.62 bits per heavy atom. The van der Waals surface area contributed by atoms with E-state index in [1.54, 1.807) is 0 Å². The molecule has 1 fully saturated rings. The molecule has 1 N–H and O–H groups in total. The van der Waals surface area contributed by atoms with Crippen molar-refractivity contribution in [1.82, 2.24) is 10.2 Å². The fraction of sp³-hybridized carbons (Fsp3) is 0.588. The third-order valence-electron chi connectivity index (χ3n) is 4.67. The minimum absolute atomic E-state index is 0.0786. The van der Waals surface area contributed by atoms with Crippen LogP contribution in [0.2, 0.25) is 5.02 Å². The topological polar surface area (TPSA) is 32.3 Å². The smallest absolute Gasteiger partial charge is 0.241 e. The van der Waals surface area contributed by atoms with E-state index in [4.69, 9.17) is 11.6 Å². The highest BCUT2D eigenvalue weighted by Gasteiger charge is 2.42. The van der Waals surface area contributed by atoms with Gasteiger partial charge in [-0.3, -0.25) is 10.1 Å². The number of nitrogens with one attached hydrogen (secondary N) is 1. The second-order valence-electron chi connectivity index (χ2n) is 5.96. The molecule has 0 spiro atoms. The van der Waals surface area contributed by atoms with Gasteiger partial charge in [0, 0.05) is 11.1 Å². The van der Waals surface area contributed by atoms with E-state index in [1.165, 1.54) is 0 Å². The predicted molar refractivity (Wildman–Crippen MR) is 87.2 cm³/mol. The van der Waals surface area contributed by atoms with Gasteiger partial charge >= 0.3 is 0 Å². The second-order valence-corrected chi connectivity index (χ2v) is 6.39. The van der Waals surface area contributed by atoms with Crippen molar-refractivity contribution in [2.75, 3.05) is 0 Å². The normalized spacial score (nSPS) is 25.2. The fourth-order valence-electron chi connectivity index (χ4n) is 2.93. The van der Waals surface area contributed by atoms with Crippen molar-refractivity contribution in [3.63, 3.8) is 0 Å². The Hall–Kier alpha value is -1.06. The van der Waals surface area contributed by atoms with Gasteiger partial charge in [0.05, 0.1) is 6.04 Å². The molecule has 1 aromatic carbocycles. The monoisotopic (exact) mass is 308 g/mol. The van der Waals surface area contributed by atoms with Gasteiger partial charge in [0.15, 0.2) is 0 Å². The Bertz CT molecular complexity index is 505. The maximum Gasteiger partial charge on any atom is 0.241 e. The van der Waals surface area contributed by atoms with Crippen LogP contribution in [0.15, 0.2) is 24.3 Å². The van der Waals surface area contributed by atoms with Crippen molar-refractivity contribution in [1.29, 1.82) is 0 Å². The second kappa shape index (κ2) is 6.80. The van der Waals surface area contributed by atoms with E-state index in [0.29, 0.717) is 10.9 Å². The first-order valence-corrected chi connectivity index (χ1v) is 8.21. The first-order valence-electron chi connectivity index (χ1n) is 7.83. The van der Waals surface area contributed by atoms with Gasteiger partial charge in [-0.15, -0.1) is 0 Å². The molecule has 2 rings (SSSR count). The van der Waals surface area contributed by atoms with Crippen LogP contribution in [0.5, 0.6) is 0 Å². The van der Waals surface area contributed by atoms with Gasteiger partial charge in [-0.05, 0) is 37.0 Å². The Morgan fingerprint density at radius 1 is 1.33 bits per heavy atom. The lowest BCUT2D eigenvalue weighted by Crippen LogP contribution is -2.41. The number of carbonyl (C=O) groups excluding carboxylic acids is 1. The summed E-state index contributed by atoms with van der Waals surface area (Å²) in [5.74, 6) is 0.670. The average molecular weight is 309 g/mol. The van der Waals surface area contributed by atoms with Gasteiger partial charge in [0.1, 0.15) is 6.17 Å². The Morgan fingerprint density at radius 2 is 2.05 bits per heavy atom. The zero-order valence-electron chi connectivity index (χ0n) is 13.3. The van der Waals surface area contributed by atoms with E-state index in [1.807, 2.05) is 36.1 Å². The number of nitrogens with zero attached hydrogens (tertiary/aromatic N) is 1. The quantitative estimate of drug-likeness (QED) is 0.892. The van der Waals surface area contributed by atoms with Gasteiger partial charge < -0.3 is 4.90 Å². The number of amides is 1. The van der Waals surface area contributed by atoms with E-state index in [-0.39, 0.29) is 24.2 Å². The van der Waals surface area contributed by atoms with Gasteiger partial charge in [-0.25, -0.2) is 0 Å². The highest BCUT2D eigenvalue weighted by molar-refractivity contribution is 6.30. The maximum atomic E-state index is 12.7. The molecule has 116 valence electrons. The van der Waals surface area contributed by atoms with Crippen LogP contribution in [0.3, 0.4) is 0 Å². The number of halogens is 1. The molecule has 0 saturated carbocycles. The summed E-state index contributed by atoms with van der Waals surface area (Å²) in [5.41, 5.74) is 1.06. The van der Waals surface area contributed by atoms with Gasteiger partial charge in [0.25, 0.3) is 0 Å². The van der Waals surface area contributed by atoms with Gasteiger partial charge in [0.2, 0.25) is 5.91 Å². The highest BCUT2D eigenvalue weighted by atomic mass is 35.5. The summed E-state index contributed by atoms with van der Waals surface area (Å²) in [7, 11) is 0. The van der Waals surface area contributed by atoms with Crippen molar-refractivity contribution in [2.45, 2.75) is 58.8 Å². The Labute approximate surface area is 132 Å². The molecule has 4 heteroatoms. The van der Waals surface area contributed by atoms with E-state index in [9.17, 15) is 4.79 Å². The molecular formula is C17H25ClN2O. The van der Waals surface area contributed by atoms with Crippen LogP contribution in [-0.4, -0.2) is 22.9 Å². The molecule has 4 atom stereocenters. The summed E-state index contributed by atoms with van der Waals surface area (Å²) in [6, 6.07) is 7.89. The molecule has 0 radical (unpaired) electrons. The lowest BCUT2D eigenvalue weighted by molar-refractivity contribution is -0.133. The van der Waals surface area contributed by atoms with E-state index in [2.05, 4.69) is 26.1 Å². The van der Waals surface area contributed by atoms with Gasteiger partial charge in [-0.2, -0.15) is 0 Å². The van der Waals surface area contributed by atoms with Gasteiger partial charge in [-0.1, -0.05) is 50.9 Å².